The fourth-order valence-corrected chi connectivity index (χ4v) is 3.00. The summed E-state index contributed by atoms with van der Waals surface area (Å²) in [4.78, 5) is 22.6. The fraction of sp³-hybridized carbons (Fsp3) is 0.353. The van der Waals surface area contributed by atoms with Gasteiger partial charge in [0.2, 0.25) is 5.88 Å². The molecule has 0 unspecified atom stereocenters. The normalized spacial score (nSPS) is 17.2. The zero-order chi connectivity index (χ0) is 17.3. The molecule has 7 heteroatoms. The summed E-state index contributed by atoms with van der Waals surface area (Å²) in [6, 6.07) is 5.56. The van der Waals surface area contributed by atoms with E-state index in [1.165, 1.54) is 12.1 Å². The van der Waals surface area contributed by atoms with E-state index >= 15 is 0 Å². The van der Waals surface area contributed by atoms with E-state index in [9.17, 15) is 9.18 Å². The first-order chi connectivity index (χ1) is 11.4. The summed E-state index contributed by atoms with van der Waals surface area (Å²) in [7, 11) is 0. The van der Waals surface area contributed by atoms with Gasteiger partial charge in [0.25, 0.3) is 5.91 Å². The van der Waals surface area contributed by atoms with E-state index in [1.807, 2.05) is 6.92 Å². The second-order valence-electron chi connectivity index (χ2n) is 5.80. The van der Waals surface area contributed by atoms with Crippen LogP contribution in [0.3, 0.4) is 0 Å². The van der Waals surface area contributed by atoms with E-state index < -0.39 is 5.82 Å². The molecule has 1 aromatic carbocycles. The van der Waals surface area contributed by atoms with Crippen molar-refractivity contribution in [1.82, 2.24) is 14.9 Å². The van der Waals surface area contributed by atoms with Crippen molar-refractivity contribution in [2.24, 2.45) is 0 Å². The molecule has 1 saturated heterocycles. The van der Waals surface area contributed by atoms with Crippen LogP contribution in [0.2, 0.25) is 5.02 Å². The molecule has 3 rings (SSSR count). The summed E-state index contributed by atoms with van der Waals surface area (Å²) >= 11 is 5.97. The number of ether oxygens (including phenoxy) is 1. The number of amides is 1. The number of rotatable bonds is 3. The lowest BCUT2D eigenvalue weighted by Crippen LogP contribution is -2.31. The van der Waals surface area contributed by atoms with E-state index in [4.69, 9.17) is 16.3 Å². The van der Waals surface area contributed by atoms with Crippen molar-refractivity contribution in [1.29, 1.82) is 0 Å². The van der Waals surface area contributed by atoms with E-state index in [1.54, 1.807) is 17.9 Å². The lowest BCUT2D eigenvalue weighted by molar-refractivity contribution is 0.0771. The Morgan fingerprint density at radius 3 is 2.83 bits per heavy atom. The number of carbonyl (C=O) groups excluding carboxylic acids is 1. The van der Waals surface area contributed by atoms with Crippen LogP contribution in [0.5, 0.6) is 5.88 Å². The number of hydrogen-bond acceptors (Lipinski definition) is 4. The summed E-state index contributed by atoms with van der Waals surface area (Å²) in [5.74, 6) is 0.475. The van der Waals surface area contributed by atoms with Gasteiger partial charge in [0.15, 0.2) is 0 Å². The van der Waals surface area contributed by atoms with Crippen LogP contribution in [0.1, 0.15) is 28.3 Å². The molecule has 2 aromatic rings. The predicted molar refractivity (Wildman–Crippen MR) is 87.9 cm³/mol. The van der Waals surface area contributed by atoms with Crippen molar-refractivity contribution in [3.05, 3.63) is 52.2 Å². The minimum atomic E-state index is -0.464. The summed E-state index contributed by atoms with van der Waals surface area (Å²) in [5, 5.41) is 0.117. The van der Waals surface area contributed by atoms with Gasteiger partial charge in [0, 0.05) is 24.7 Å². The second-order valence-corrected chi connectivity index (χ2v) is 6.21. The highest BCUT2D eigenvalue weighted by Crippen LogP contribution is 2.23. The molecule has 5 nitrogen and oxygen atoms in total. The number of aryl methyl sites for hydroxylation is 2. The molecular formula is C17H17ClFN3O2. The molecule has 1 aromatic heterocycles. The van der Waals surface area contributed by atoms with Gasteiger partial charge in [0.1, 0.15) is 17.7 Å². The molecule has 1 fully saturated rings. The second kappa shape index (κ2) is 6.73. The number of likely N-dealkylation sites (tertiary alicyclic amines) is 1. The molecule has 0 radical (unpaired) electrons. The van der Waals surface area contributed by atoms with Crippen LogP contribution in [0.25, 0.3) is 0 Å². The van der Waals surface area contributed by atoms with Crippen LogP contribution in [-0.4, -0.2) is 40.0 Å². The van der Waals surface area contributed by atoms with Crippen molar-refractivity contribution in [2.75, 3.05) is 13.1 Å². The van der Waals surface area contributed by atoms with Crippen LogP contribution in [0.15, 0.2) is 24.3 Å². The summed E-state index contributed by atoms with van der Waals surface area (Å²) in [5.41, 5.74) is 1.13. The average Bonchev–Trinajstić information content (AvgIpc) is 2.94. The van der Waals surface area contributed by atoms with Crippen LogP contribution >= 0.6 is 11.6 Å². The third-order valence-electron chi connectivity index (χ3n) is 3.82. The smallest absolute Gasteiger partial charge is 0.255 e. The molecule has 1 atom stereocenters. The van der Waals surface area contributed by atoms with Crippen molar-refractivity contribution >= 4 is 17.5 Å². The highest BCUT2D eigenvalue weighted by Gasteiger charge is 2.29. The fourth-order valence-electron chi connectivity index (χ4n) is 2.76. The van der Waals surface area contributed by atoms with Gasteiger partial charge in [-0.15, -0.1) is 0 Å². The van der Waals surface area contributed by atoms with E-state index in [-0.39, 0.29) is 17.0 Å². The standard InChI is InChI=1S/C17H17ClFN3O2/c1-10-7-16(21-11(2)20-10)24-13-5-6-22(9-13)17(23)14-4-3-12(19)8-15(14)18/h3-4,7-8,13H,5-6,9H2,1-2H3/t13-/m0/s1. The quantitative estimate of drug-likeness (QED) is 0.854. The zero-order valence-electron chi connectivity index (χ0n) is 13.4. The van der Waals surface area contributed by atoms with Gasteiger partial charge in [-0.1, -0.05) is 11.6 Å². The Labute approximate surface area is 144 Å². The number of carbonyl (C=O) groups is 1. The third kappa shape index (κ3) is 3.64. The number of aromatic nitrogens is 2. The molecule has 1 aliphatic rings. The van der Waals surface area contributed by atoms with E-state index in [2.05, 4.69) is 9.97 Å². The maximum Gasteiger partial charge on any atom is 0.255 e. The van der Waals surface area contributed by atoms with Gasteiger partial charge in [-0.3, -0.25) is 4.79 Å². The van der Waals surface area contributed by atoms with Gasteiger partial charge >= 0.3 is 0 Å². The van der Waals surface area contributed by atoms with Crippen LogP contribution in [0, 0.1) is 19.7 Å². The number of halogens is 2. The SMILES string of the molecule is Cc1cc(O[C@H]2CCN(C(=O)c3ccc(F)cc3Cl)C2)nc(C)n1. The molecule has 24 heavy (non-hydrogen) atoms. The third-order valence-corrected chi connectivity index (χ3v) is 4.14. The molecule has 0 bridgehead atoms. The highest BCUT2D eigenvalue weighted by molar-refractivity contribution is 6.33. The first-order valence-electron chi connectivity index (χ1n) is 7.65. The molecule has 0 aliphatic carbocycles. The van der Waals surface area contributed by atoms with Gasteiger partial charge in [-0.05, 0) is 32.0 Å². The Kier molecular flexibility index (Phi) is 4.66. The molecule has 0 saturated carbocycles. The number of hydrogen-bond donors (Lipinski definition) is 0. The van der Waals surface area contributed by atoms with Crippen molar-refractivity contribution in [3.8, 4) is 5.88 Å². The Hall–Kier alpha value is -2.21. The minimum Gasteiger partial charge on any atom is -0.472 e. The Balaban J connectivity index is 1.67. The highest BCUT2D eigenvalue weighted by atomic mass is 35.5. The van der Waals surface area contributed by atoms with Gasteiger partial charge in [-0.25, -0.2) is 9.37 Å². The van der Waals surface area contributed by atoms with Gasteiger partial charge in [0.05, 0.1) is 17.1 Å². The Morgan fingerprint density at radius 1 is 1.33 bits per heavy atom. The lowest BCUT2D eigenvalue weighted by Gasteiger charge is -2.18. The topological polar surface area (TPSA) is 55.3 Å². The van der Waals surface area contributed by atoms with Crippen molar-refractivity contribution in [3.63, 3.8) is 0 Å². The molecule has 2 heterocycles. The van der Waals surface area contributed by atoms with Crippen molar-refractivity contribution < 1.29 is 13.9 Å². The number of nitrogens with zero attached hydrogens (tertiary/aromatic N) is 3. The Bertz CT molecular complexity index is 764. The largest absolute Gasteiger partial charge is 0.472 e. The number of benzene rings is 1. The maximum absolute atomic E-state index is 13.1. The molecule has 0 spiro atoms. The molecule has 0 N–H and O–H groups in total. The molecule has 1 amide bonds. The van der Waals surface area contributed by atoms with Crippen molar-refractivity contribution in [2.45, 2.75) is 26.4 Å². The van der Waals surface area contributed by atoms with E-state index in [0.29, 0.717) is 36.8 Å². The van der Waals surface area contributed by atoms with Crippen LogP contribution < -0.4 is 4.74 Å². The van der Waals surface area contributed by atoms with Crippen LogP contribution in [-0.2, 0) is 0 Å². The monoisotopic (exact) mass is 349 g/mol. The maximum atomic E-state index is 13.1. The first-order valence-corrected chi connectivity index (χ1v) is 8.03. The van der Waals surface area contributed by atoms with Crippen LogP contribution in [0.4, 0.5) is 4.39 Å². The molecular weight excluding hydrogens is 333 g/mol. The predicted octanol–water partition coefficient (Wildman–Crippen LogP) is 3.18. The molecule has 126 valence electrons. The summed E-state index contributed by atoms with van der Waals surface area (Å²) < 4.78 is 19.0. The molecule has 1 aliphatic heterocycles. The minimum absolute atomic E-state index is 0.117. The first kappa shape index (κ1) is 16.6. The zero-order valence-corrected chi connectivity index (χ0v) is 14.2. The summed E-state index contributed by atoms with van der Waals surface area (Å²) in [6.07, 6.45) is 0.564. The van der Waals surface area contributed by atoms with Gasteiger partial charge in [-0.2, -0.15) is 4.98 Å². The Morgan fingerprint density at radius 2 is 2.12 bits per heavy atom. The van der Waals surface area contributed by atoms with Gasteiger partial charge < -0.3 is 9.64 Å². The van der Waals surface area contributed by atoms with E-state index in [0.717, 1.165) is 11.8 Å². The lowest BCUT2D eigenvalue weighted by atomic mass is 10.2. The summed E-state index contributed by atoms with van der Waals surface area (Å²) in [6.45, 7) is 4.68. The average molecular weight is 350 g/mol.